The van der Waals surface area contributed by atoms with Crippen LogP contribution in [0.4, 0.5) is 4.79 Å². The summed E-state index contributed by atoms with van der Waals surface area (Å²) >= 11 is 0. The van der Waals surface area contributed by atoms with E-state index in [9.17, 15) is 10.1 Å². The van der Waals surface area contributed by atoms with Gasteiger partial charge in [-0.25, -0.2) is 4.79 Å². The Hall–Kier alpha value is -3.26. The lowest BCUT2D eigenvalue weighted by molar-refractivity contribution is 0.0175. The van der Waals surface area contributed by atoms with Crippen LogP contribution in [-0.4, -0.2) is 28.7 Å². The number of fused-ring (bicyclic) bond motifs is 2. The standard InChI is InChI=1S/C26H28N2O3/c1-26(2,3)31-25(29)28-21-12-13-22(28)15-20(14-21)23-11-7-10-19(16-27)24(23)30-17-18-8-5-4-6-9-18/h4-11,14,21-22H,12-13,15,17H2,1-3H3. The third-order valence-electron chi connectivity index (χ3n) is 5.71. The number of carbonyl (C=O) groups is 1. The van der Waals surface area contributed by atoms with E-state index in [1.807, 2.05) is 68.1 Å². The molecule has 0 N–H and O–H groups in total. The monoisotopic (exact) mass is 416 g/mol. The molecule has 2 aliphatic heterocycles. The number of carbonyl (C=O) groups excluding carboxylic acids is 1. The highest BCUT2D eigenvalue weighted by Gasteiger charge is 2.42. The zero-order chi connectivity index (χ0) is 22.0. The van der Waals surface area contributed by atoms with Crippen molar-refractivity contribution >= 4 is 11.7 Å². The number of para-hydroxylation sites is 1. The first-order valence-corrected chi connectivity index (χ1v) is 10.8. The minimum atomic E-state index is -0.514. The summed E-state index contributed by atoms with van der Waals surface area (Å²) in [6, 6.07) is 18.0. The smallest absolute Gasteiger partial charge is 0.411 e. The Bertz CT molecular complexity index is 1030. The van der Waals surface area contributed by atoms with E-state index in [-0.39, 0.29) is 18.2 Å². The van der Waals surface area contributed by atoms with E-state index in [0.29, 0.717) is 17.9 Å². The van der Waals surface area contributed by atoms with Gasteiger partial charge in [0.2, 0.25) is 0 Å². The van der Waals surface area contributed by atoms with Gasteiger partial charge in [-0.2, -0.15) is 5.26 Å². The van der Waals surface area contributed by atoms with E-state index in [1.54, 1.807) is 6.07 Å². The van der Waals surface area contributed by atoms with Crippen LogP contribution in [0.2, 0.25) is 0 Å². The predicted octanol–water partition coefficient (Wildman–Crippen LogP) is 5.69. The second kappa shape index (κ2) is 8.47. The molecular formula is C26H28N2O3. The molecule has 0 aliphatic carbocycles. The molecule has 2 atom stereocenters. The van der Waals surface area contributed by atoms with Gasteiger partial charge in [0.1, 0.15) is 24.0 Å². The van der Waals surface area contributed by atoms with Crippen molar-refractivity contribution in [3.05, 3.63) is 71.3 Å². The molecule has 0 aromatic heterocycles. The Morgan fingerprint density at radius 1 is 1.13 bits per heavy atom. The summed E-state index contributed by atoms with van der Waals surface area (Å²) in [6.45, 7) is 6.07. The summed E-state index contributed by atoms with van der Waals surface area (Å²) in [5.41, 5.74) is 3.13. The molecule has 0 saturated carbocycles. The van der Waals surface area contributed by atoms with Crippen molar-refractivity contribution in [3.8, 4) is 11.8 Å². The molecule has 2 heterocycles. The number of nitrogens with zero attached hydrogens (tertiary/aromatic N) is 2. The molecule has 2 aromatic rings. The van der Waals surface area contributed by atoms with E-state index in [2.05, 4.69) is 12.1 Å². The van der Waals surface area contributed by atoms with Gasteiger partial charge in [0.05, 0.1) is 11.6 Å². The average Bonchev–Trinajstić information content (AvgIpc) is 3.01. The fraction of sp³-hybridized carbons (Fsp3) is 0.385. The van der Waals surface area contributed by atoms with E-state index in [1.165, 1.54) is 0 Å². The molecule has 2 unspecified atom stereocenters. The van der Waals surface area contributed by atoms with Crippen molar-refractivity contribution in [2.75, 3.05) is 0 Å². The Kier molecular flexibility index (Phi) is 5.73. The van der Waals surface area contributed by atoms with Gasteiger partial charge >= 0.3 is 6.09 Å². The summed E-state index contributed by atoms with van der Waals surface area (Å²) < 4.78 is 11.8. The van der Waals surface area contributed by atoms with E-state index in [0.717, 1.165) is 36.0 Å². The molecule has 1 saturated heterocycles. The van der Waals surface area contributed by atoms with Crippen molar-refractivity contribution < 1.29 is 14.3 Å². The van der Waals surface area contributed by atoms with Gasteiger partial charge in [-0.3, -0.25) is 4.90 Å². The van der Waals surface area contributed by atoms with Gasteiger partial charge in [0.15, 0.2) is 0 Å². The van der Waals surface area contributed by atoms with Gasteiger partial charge in [0.25, 0.3) is 0 Å². The van der Waals surface area contributed by atoms with E-state index < -0.39 is 5.60 Å². The maximum Gasteiger partial charge on any atom is 0.411 e. The molecule has 1 fully saturated rings. The number of hydrogen-bond acceptors (Lipinski definition) is 4. The zero-order valence-electron chi connectivity index (χ0n) is 18.3. The fourth-order valence-corrected chi connectivity index (χ4v) is 4.39. The van der Waals surface area contributed by atoms with Gasteiger partial charge in [-0.15, -0.1) is 0 Å². The molecule has 2 aliphatic rings. The quantitative estimate of drug-likeness (QED) is 0.642. The van der Waals surface area contributed by atoms with Crippen LogP contribution >= 0.6 is 0 Å². The maximum atomic E-state index is 12.8. The highest BCUT2D eigenvalue weighted by molar-refractivity contribution is 5.78. The van der Waals surface area contributed by atoms with Crippen molar-refractivity contribution in [2.45, 2.75) is 64.3 Å². The van der Waals surface area contributed by atoms with Crippen molar-refractivity contribution in [3.63, 3.8) is 0 Å². The molecule has 5 heteroatoms. The molecule has 0 spiro atoms. The van der Waals surface area contributed by atoms with Crippen LogP contribution in [0.1, 0.15) is 56.7 Å². The fourth-order valence-electron chi connectivity index (χ4n) is 4.39. The molecule has 5 nitrogen and oxygen atoms in total. The lowest BCUT2D eigenvalue weighted by Gasteiger charge is -2.35. The van der Waals surface area contributed by atoms with E-state index >= 15 is 0 Å². The zero-order valence-corrected chi connectivity index (χ0v) is 18.3. The Labute approximate surface area is 183 Å². The van der Waals surface area contributed by atoms with Crippen LogP contribution in [0.3, 0.4) is 0 Å². The van der Waals surface area contributed by atoms with E-state index in [4.69, 9.17) is 9.47 Å². The summed E-state index contributed by atoms with van der Waals surface area (Å²) in [6.07, 6.45) is 4.50. The highest BCUT2D eigenvalue weighted by Crippen LogP contribution is 2.42. The third-order valence-corrected chi connectivity index (χ3v) is 5.71. The second-order valence-electron chi connectivity index (χ2n) is 9.15. The summed E-state index contributed by atoms with van der Waals surface area (Å²) in [5, 5.41) is 9.66. The summed E-state index contributed by atoms with van der Waals surface area (Å²) in [7, 11) is 0. The van der Waals surface area contributed by atoms with Gasteiger partial charge in [-0.1, -0.05) is 48.5 Å². The van der Waals surface area contributed by atoms with Crippen LogP contribution in [0.5, 0.6) is 5.75 Å². The largest absolute Gasteiger partial charge is 0.487 e. The number of benzene rings is 2. The number of nitriles is 1. The SMILES string of the molecule is CC(C)(C)OC(=O)N1C2C=C(c3cccc(C#N)c3OCc3ccccc3)CC1CC2. The second-order valence-corrected chi connectivity index (χ2v) is 9.15. The number of ether oxygens (including phenoxy) is 2. The first-order valence-electron chi connectivity index (χ1n) is 10.8. The van der Waals surface area contributed by atoms with Gasteiger partial charge in [0, 0.05) is 11.6 Å². The van der Waals surface area contributed by atoms with Crippen LogP contribution in [0.25, 0.3) is 5.57 Å². The molecule has 31 heavy (non-hydrogen) atoms. The lowest BCUT2D eigenvalue weighted by Crippen LogP contribution is -2.45. The Balaban J connectivity index is 1.61. The summed E-state index contributed by atoms with van der Waals surface area (Å²) in [4.78, 5) is 14.6. The molecule has 0 radical (unpaired) electrons. The minimum absolute atomic E-state index is 0.0105. The van der Waals surface area contributed by atoms with Gasteiger partial charge < -0.3 is 9.47 Å². The Morgan fingerprint density at radius 2 is 1.90 bits per heavy atom. The van der Waals surface area contributed by atoms with Crippen molar-refractivity contribution in [1.29, 1.82) is 5.26 Å². The molecule has 4 rings (SSSR count). The normalized spacial score (nSPS) is 20.1. The highest BCUT2D eigenvalue weighted by atomic mass is 16.6. The van der Waals surface area contributed by atoms with Crippen LogP contribution in [-0.2, 0) is 11.3 Å². The minimum Gasteiger partial charge on any atom is -0.487 e. The average molecular weight is 417 g/mol. The molecule has 2 aromatic carbocycles. The maximum absolute atomic E-state index is 12.8. The molecular weight excluding hydrogens is 388 g/mol. The third kappa shape index (κ3) is 4.59. The topological polar surface area (TPSA) is 62.6 Å². The molecule has 160 valence electrons. The first kappa shape index (κ1) is 21.0. The van der Waals surface area contributed by atoms with Crippen LogP contribution in [0, 0.1) is 11.3 Å². The number of amides is 1. The first-order chi connectivity index (χ1) is 14.9. The summed E-state index contributed by atoms with van der Waals surface area (Å²) in [5.74, 6) is 0.616. The van der Waals surface area contributed by atoms with Crippen molar-refractivity contribution in [2.24, 2.45) is 0 Å². The Morgan fingerprint density at radius 3 is 2.58 bits per heavy atom. The number of hydrogen-bond donors (Lipinski definition) is 0. The van der Waals surface area contributed by atoms with Crippen LogP contribution in [0.15, 0.2) is 54.6 Å². The van der Waals surface area contributed by atoms with Crippen molar-refractivity contribution in [1.82, 2.24) is 4.90 Å². The molecule has 1 amide bonds. The van der Waals surface area contributed by atoms with Crippen LogP contribution < -0.4 is 4.74 Å². The van der Waals surface area contributed by atoms with Gasteiger partial charge in [-0.05, 0) is 57.2 Å². The molecule has 2 bridgehead atoms. The predicted molar refractivity (Wildman–Crippen MR) is 119 cm³/mol. The lowest BCUT2D eigenvalue weighted by atomic mass is 9.93. The number of rotatable bonds is 4.